The van der Waals surface area contributed by atoms with Gasteiger partial charge in [0.05, 0.1) is 23.5 Å². The van der Waals surface area contributed by atoms with Crippen molar-refractivity contribution < 1.29 is 9.53 Å². The van der Waals surface area contributed by atoms with E-state index in [1.165, 1.54) is 5.56 Å². The topological polar surface area (TPSA) is 63.2 Å². The van der Waals surface area contributed by atoms with E-state index in [1.54, 1.807) is 36.6 Å². The average Bonchev–Trinajstić information content (AvgIpc) is 3.15. The molecule has 0 unspecified atom stereocenters. The molecular weight excluding hydrogens is 406 g/mol. The van der Waals surface area contributed by atoms with Crippen LogP contribution >= 0.6 is 22.9 Å². The van der Waals surface area contributed by atoms with Crippen LogP contribution in [0.2, 0.25) is 5.02 Å². The predicted octanol–water partition coefficient (Wildman–Crippen LogP) is 4.94. The number of nitrogens with one attached hydrogen (secondary N) is 2. The standard InChI is InChI=1S/C22H24ClN3O2S/c1-15-26-20(14-29-15)17-5-3-16(4-6-17)9-11-25-22(27)10-12-24-19-13-18(23)7-8-21(19)28-2/h3-8,13-14,24H,9-12H2,1-2H3,(H,25,27). The molecule has 0 fully saturated rings. The summed E-state index contributed by atoms with van der Waals surface area (Å²) in [5.41, 5.74) is 4.09. The molecule has 0 aliphatic heterocycles. The summed E-state index contributed by atoms with van der Waals surface area (Å²) in [5.74, 6) is 0.708. The Labute approximate surface area is 180 Å². The molecule has 0 saturated carbocycles. The van der Waals surface area contributed by atoms with Crippen LogP contribution in [0.15, 0.2) is 47.8 Å². The summed E-state index contributed by atoms with van der Waals surface area (Å²) in [4.78, 5) is 16.6. The van der Waals surface area contributed by atoms with Gasteiger partial charge in [0.1, 0.15) is 5.75 Å². The van der Waals surface area contributed by atoms with Crippen molar-refractivity contribution in [3.63, 3.8) is 0 Å². The highest BCUT2D eigenvalue weighted by molar-refractivity contribution is 7.09. The van der Waals surface area contributed by atoms with Crippen LogP contribution in [0.4, 0.5) is 5.69 Å². The molecule has 1 aromatic heterocycles. The van der Waals surface area contributed by atoms with Gasteiger partial charge in [-0.15, -0.1) is 11.3 Å². The summed E-state index contributed by atoms with van der Waals surface area (Å²) in [6.07, 6.45) is 1.16. The first kappa shape index (κ1) is 21.1. The predicted molar refractivity (Wildman–Crippen MR) is 120 cm³/mol. The maximum atomic E-state index is 12.1. The Morgan fingerprint density at radius 1 is 1.17 bits per heavy atom. The van der Waals surface area contributed by atoms with E-state index in [-0.39, 0.29) is 5.91 Å². The molecule has 2 aromatic carbocycles. The molecule has 0 radical (unpaired) electrons. The number of benzene rings is 2. The number of carbonyl (C=O) groups excluding carboxylic acids is 1. The molecule has 5 nitrogen and oxygen atoms in total. The number of aromatic nitrogens is 1. The van der Waals surface area contributed by atoms with Crippen molar-refractivity contribution in [1.82, 2.24) is 10.3 Å². The molecule has 29 heavy (non-hydrogen) atoms. The van der Waals surface area contributed by atoms with Gasteiger partial charge in [-0.05, 0) is 37.1 Å². The van der Waals surface area contributed by atoms with Gasteiger partial charge in [-0.1, -0.05) is 35.9 Å². The number of carbonyl (C=O) groups is 1. The molecule has 0 aliphatic carbocycles. The minimum atomic E-state index is 0.00747. The lowest BCUT2D eigenvalue weighted by Crippen LogP contribution is -2.27. The van der Waals surface area contributed by atoms with E-state index >= 15 is 0 Å². The Hall–Kier alpha value is -2.57. The number of nitrogens with zero attached hydrogens (tertiary/aromatic N) is 1. The summed E-state index contributed by atoms with van der Waals surface area (Å²) in [6, 6.07) is 13.7. The number of ether oxygens (including phenoxy) is 1. The van der Waals surface area contributed by atoms with E-state index in [9.17, 15) is 4.79 Å². The summed E-state index contributed by atoms with van der Waals surface area (Å²) in [7, 11) is 1.60. The van der Waals surface area contributed by atoms with E-state index in [4.69, 9.17) is 16.3 Å². The zero-order valence-corrected chi connectivity index (χ0v) is 18.1. The van der Waals surface area contributed by atoms with Gasteiger partial charge in [-0.25, -0.2) is 4.98 Å². The van der Waals surface area contributed by atoms with Crippen LogP contribution < -0.4 is 15.4 Å². The number of aryl methyl sites for hydroxylation is 1. The van der Waals surface area contributed by atoms with Crippen molar-refractivity contribution >= 4 is 34.5 Å². The Morgan fingerprint density at radius 2 is 1.97 bits per heavy atom. The second kappa shape index (κ2) is 10.3. The molecule has 7 heteroatoms. The first-order valence-electron chi connectivity index (χ1n) is 9.40. The fraction of sp³-hybridized carbons (Fsp3) is 0.273. The van der Waals surface area contributed by atoms with E-state index in [0.717, 1.165) is 28.4 Å². The van der Waals surface area contributed by atoms with Crippen molar-refractivity contribution in [3.8, 4) is 17.0 Å². The van der Waals surface area contributed by atoms with Gasteiger partial charge in [0.2, 0.25) is 5.91 Å². The van der Waals surface area contributed by atoms with Gasteiger partial charge in [0.25, 0.3) is 0 Å². The third-order valence-corrected chi connectivity index (χ3v) is 5.44. The minimum absolute atomic E-state index is 0.00747. The normalized spacial score (nSPS) is 10.6. The number of methoxy groups -OCH3 is 1. The lowest BCUT2D eigenvalue weighted by Gasteiger charge is -2.11. The highest BCUT2D eigenvalue weighted by Crippen LogP contribution is 2.27. The SMILES string of the molecule is COc1ccc(Cl)cc1NCCC(=O)NCCc1ccc(-c2csc(C)n2)cc1. The van der Waals surface area contributed by atoms with Crippen molar-refractivity contribution in [3.05, 3.63) is 63.4 Å². The van der Waals surface area contributed by atoms with Crippen LogP contribution in [-0.2, 0) is 11.2 Å². The van der Waals surface area contributed by atoms with Crippen LogP contribution in [-0.4, -0.2) is 31.1 Å². The molecule has 1 amide bonds. The number of halogens is 1. The second-order valence-corrected chi connectivity index (χ2v) is 8.07. The Morgan fingerprint density at radius 3 is 2.66 bits per heavy atom. The molecule has 3 rings (SSSR count). The number of amides is 1. The monoisotopic (exact) mass is 429 g/mol. The Kier molecular flexibility index (Phi) is 7.49. The lowest BCUT2D eigenvalue weighted by molar-refractivity contribution is -0.120. The lowest BCUT2D eigenvalue weighted by atomic mass is 10.1. The number of anilines is 1. The average molecular weight is 430 g/mol. The number of thiazole rings is 1. The van der Waals surface area contributed by atoms with Crippen LogP contribution in [0.25, 0.3) is 11.3 Å². The molecule has 1 heterocycles. The van der Waals surface area contributed by atoms with Crippen LogP contribution in [0.5, 0.6) is 5.75 Å². The van der Waals surface area contributed by atoms with Crippen molar-refractivity contribution in [2.24, 2.45) is 0 Å². The maximum Gasteiger partial charge on any atom is 0.221 e. The first-order valence-corrected chi connectivity index (χ1v) is 10.7. The maximum absolute atomic E-state index is 12.1. The van der Waals surface area contributed by atoms with E-state index < -0.39 is 0 Å². The van der Waals surface area contributed by atoms with Gasteiger partial charge in [-0.3, -0.25) is 4.79 Å². The first-order chi connectivity index (χ1) is 14.0. The third kappa shape index (κ3) is 6.21. The minimum Gasteiger partial charge on any atom is -0.495 e. The van der Waals surface area contributed by atoms with Gasteiger partial charge in [0, 0.05) is 35.5 Å². The quantitative estimate of drug-likeness (QED) is 0.505. The van der Waals surface area contributed by atoms with Gasteiger partial charge < -0.3 is 15.4 Å². The van der Waals surface area contributed by atoms with Crippen molar-refractivity contribution in [2.75, 3.05) is 25.5 Å². The van der Waals surface area contributed by atoms with E-state index in [0.29, 0.717) is 30.3 Å². The second-order valence-electron chi connectivity index (χ2n) is 6.57. The summed E-state index contributed by atoms with van der Waals surface area (Å²) in [5, 5.41) is 9.90. The van der Waals surface area contributed by atoms with Gasteiger partial charge in [-0.2, -0.15) is 0 Å². The highest BCUT2D eigenvalue weighted by atomic mass is 35.5. The van der Waals surface area contributed by atoms with Gasteiger partial charge >= 0.3 is 0 Å². The van der Waals surface area contributed by atoms with Gasteiger partial charge in [0.15, 0.2) is 0 Å². The van der Waals surface area contributed by atoms with Crippen molar-refractivity contribution in [2.45, 2.75) is 19.8 Å². The zero-order chi connectivity index (χ0) is 20.6. The molecule has 0 bridgehead atoms. The third-order valence-electron chi connectivity index (χ3n) is 4.43. The smallest absolute Gasteiger partial charge is 0.221 e. The molecule has 0 saturated heterocycles. The number of hydrogen-bond acceptors (Lipinski definition) is 5. The van der Waals surface area contributed by atoms with Crippen LogP contribution in [0, 0.1) is 6.92 Å². The number of rotatable bonds is 9. The Balaban J connectivity index is 1.39. The number of hydrogen-bond donors (Lipinski definition) is 2. The molecule has 152 valence electrons. The van der Waals surface area contributed by atoms with E-state index in [2.05, 4.69) is 45.3 Å². The molecule has 0 aliphatic rings. The van der Waals surface area contributed by atoms with Crippen molar-refractivity contribution in [1.29, 1.82) is 0 Å². The largest absolute Gasteiger partial charge is 0.495 e. The zero-order valence-electron chi connectivity index (χ0n) is 16.5. The van der Waals surface area contributed by atoms with E-state index in [1.807, 2.05) is 6.92 Å². The molecule has 3 aromatic rings. The van der Waals surface area contributed by atoms with Crippen LogP contribution in [0.3, 0.4) is 0 Å². The highest BCUT2D eigenvalue weighted by Gasteiger charge is 2.06. The summed E-state index contributed by atoms with van der Waals surface area (Å²) >= 11 is 7.66. The fourth-order valence-electron chi connectivity index (χ4n) is 2.90. The molecule has 0 spiro atoms. The Bertz CT molecular complexity index is 957. The molecular formula is C22H24ClN3O2S. The summed E-state index contributed by atoms with van der Waals surface area (Å²) < 4.78 is 5.28. The van der Waals surface area contributed by atoms with Crippen LogP contribution in [0.1, 0.15) is 17.0 Å². The fourth-order valence-corrected chi connectivity index (χ4v) is 3.70. The molecule has 2 N–H and O–H groups in total. The molecule has 0 atom stereocenters. The summed E-state index contributed by atoms with van der Waals surface area (Å²) in [6.45, 7) is 3.12.